The van der Waals surface area contributed by atoms with Gasteiger partial charge in [-0.05, 0) is 70.7 Å². The minimum atomic E-state index is -1.52. The number of rotatable bonds is 22. The summed E-state index contributed by atoms with van der Waals surface area (Å²) >= 11 is 0. The lowest BCUT2D eigenvalue weighted by Crippen LogP contribution is -2.40. The quantitative estimate of drug-likeness (QED) is 0.109. The molecule has 2 atom stereocenters. The van der Waals surface area contributed by atoms with Crippen LogP contribution in [-0.2, 0) is 14.7 Å². The first-order valence-electron chi connectivity index (χ1n) is 17.0. The number of aliphatic hydroxyl groups is 2. The molecule has 4 N–H and O–H groups in total. The zero-order valence-corrected chi connectivity index (χ0v) is 27.2. The van der Waals surface area contributed by atoms with E-state index in [2.05, 4.69) is 58.0 Å². The first-order valence-corrected chi connectivity index (χ1v) is 17.0. The molecule has 2 aromatic rings. The smallest absolute Gasteiger partial charge is 0.423 e. The van der Waals surface area contributed by atoms with Crippen LogP contribution in [0, 0.1) is 11.8 Å². The van der Waals surface area contributed by atoms with Crippen LogP contribution in [0.3, 0.4) is 0 Å². The van der Waals surface area contributed by atoms with Crippen LogP contribution in [0.4, 0.5) is 0 Å². The summed E-state index contributed by atoms with van der Waals surface area (Å²) in [5.41, 5.74) is 6.10. The molecule has 0 spiro atoms. The van der Waals surface area contributed by atoms with Crippen molar-refractivity contribution in [2.75, 3.05) is 26.4 Å². The second-order valence-corrected chi connectivity index (χ2v) is 12.5. The molecule has 0 saturated carbocycles. The number of hydrogen-bond donors (Lipinski definition) is 4. The van der Waals surface area contributed by atoms with Gasteiger partial charge < -0.3 is 29.6 Å². The van der Waals surface area contributed by atoms with Gasteiger partial charge in [0.05, 0.1) is 0 Å². The molecule has 0 radical (unpaired) electrons. The van der Waals surface area contributed by atoms with Crippen molar-refractivity contribution < 1.29 is 29.6 Å². The van der Waals surface area contributed by atoms with E-state index < -0.39 is 14.2 Å². The average molecular weight is 594 g/mol. The van der Waals surface area contributed by atoms with Crippen LogP contribution in [0.2, 0.25) is 0 Å². The molecule has 0 heterocycles. The fourth-order valence-corrected chi connectivity index (χ4v) is 6.98. The Bertz CT molecular complexity index is 1070. The van der Waals surface area contributed by atoms with Crippen LogP contribution in [0.25, 0.3) is 11.1 Å². The summed E-state index contributed by atoms with van der Waals surface area (Å²) < 4.78 is 12.3. The molecule has 43 heavy (non-hydrogen) atoms. The summed E-state index contributed by atoms with van der Waals surface area (Å²) in [6.45, 7) is 10.0. The second-order valence-electron chi connectivity index (χ2n) is 12.5. The Balaban J connectivity index is 2.23. The lowest BCUT2D eigenvalue weighted by molar-refractivity contribution is 0.171. The van der Waals surface area contributed by atoms with Crippen LogP contribution in [0.1, 0.15) is 116 Å². The molecule has 0 aliphatic heterocycles. The van der Waals surface area contributed by atoms with Crippen molar-refractivity contribution in [3.8, 4) is 11.1 Å². The first-order chi connectivity index (χ1) is 20.9. The van der Waals surface area contributed by atoms with Gasteiger partial charge in [0.15, 0.2) is 0 Å². The molecule has 0 aromatic heterocycles. The molecule has 0 amide bonds. The highest BCUT2D eigenvalue weighted by Gasteiger charge is 2.46. The Morgan fingerprint density at radius 3 is 1.56 bits per heavy atom. The summed E-state index contributed by atoms with van der Waals surface area (Å²) in [5, 5.41) is 39.2. The van der Waals surface area contributed by atoms with Gasteiger partial charge in [0.25, 0.3) is 0 Å². The van der Waals surface area contributed by atoms with Gasteiger partial charge in [0.2, 0.25) is 0 Å². The molecule has 238 valence electrons. The minimum Gasteiger partial charge on any atom is -0.423 e. The number of aliphatic hydroxyl groups excluding tert-OH is 2. The van der Waals surface area contributed by atoms with Gasteiger partial charge >= 0.3 is 14.2 Å². The van der Waals surface area contributed by atoms with Crippen LogP contribution in [0.5, 0.6) is 0 Å². The maximum Gasteiger partial charge on any atom is 0.493 e. The molecule has 2 aromatic carbocycles. The molecule has 3 rings (SSSR count). The van der Waals surface area contributed by atoms with Crippen molar-refractivity contribution >= 4 is 25.2 Å². The summed E-state index contributed by atoms with van der Waals surface area (Å²) in [7, 11) is -2.11. The van der Waals surface area contributed by atoms with E-state index in [1.54, 1.807) is 0 Å². The predicted octanol–water partition coefficient (Wildman–Crippen LogP) is 5.34. The lowest BCUT2D eigenvalue weighted by Gasteiger charge is -2.39. The maximum absolute atomic E-state index is 10.2. The third-order valence-corrected chi connectivity index (χ3v) is 9.48. The second kappa shape index (κ2) is 18.3. The molecule has 0 fully saturated rings. The third kappa shape index (κ3) is 9.18. The fraction of sp³-hybridized carbons (Fsp3) is 0.657. The summed E-state index contributed by atoms with van der Waals surface area (Å²) in [5.74, 6) is 1.09. The lowest BCUT2D eigenvalue weighted by atomic mass is 9.63. The van der Waals surface area contributed by atoms with Gasteiger partial charge in [0.1, 0.15) is 0 Å². The maximum atomic E-state index is 10.2. The van der Waals surface area contributed by atoms with Crippen molar-refractivity contribution in [2.45, 2.75) is 110 Å². The summed E-state index contributed by atoms with van der Waals surface area (Å²) in [6, 6.07) is 12.5. The molecule has 2 unspecified atom stereocenters. The molecule has 1 aliphatic carbocycles. The Labute approximate surface area is 261 Å². The molecular formula is C35H56B2O6. The zero-order chi connectivity index (χ0) is 31.2. The number of fused-ring (bicyclic) bond motifs is 3. The van der Waals surface area contributed by atoms with Crippen LogP contribution in [0.15, 0.2) is 36.4 Å². The zero-order valence-electron chi connectivity index (χ0n) is 27.2. The minimum absolute atomic E-state index is 0.0529. The topological polar surface area (TPSA) is 99.4 Å². The highest BCUT2D eigenvalue weighted by molar-refractivity contribution is 6.61. The van der Waals surface area contributed by atoms with E-state index in [1.807, 2.05) is 6.07 Å². The molecule has 8 heteroatoms. The van der Waals surface area contributed by atoms with Crippen LogP contribution in [-0.4, -0.2) is 60.9 Å². The van der Waals surface area contributed by atoms with E-state index in [-0.39, 0.29) is 18.6 Å². The van der Waals surface area contributed by atoms with Crippen molar-refractivity contribution in [3.63, 3.8) is 0 Å². The third-order valence-electron chi connectivity index (χ3n) is 9.48. The van der Waals surface area contributed by atoms with Crippen LogP contribution < -0.4 is 10.9 Å². The first kappa shape index (κ1) is 35.8. The highest BCUT2D eigenvalue weighted by Crippen LogP contribution is 2.55. The molecule has 0 bridgehead atoms. The number of benzene rings is 2. The van der Waals surface area contributed by atoms with Gasteiger partial charge in [-0.15, -0.1) is 0 Å². The van der Waals surface area contributed by atoms with Crippen molar-refractivity contribution in [2.24, 2.45) is 11.8 Å². The average Bonchev–Trinajstić information content (AvgIpc) is 3.28. The van der Waals surface area contributed by atoms with E-state index in [0.29, 0.717) is 43.4 Å². The van der Waals surface area contributed by atoms with E-state index in [4.69, 9.17) is 9.31 Å². The highest BCUT2D eigenvalue weighted by atomic mass is 16.6. The molecule has 6 nitrogen and oxygen atoms in total. The van der Waals surface area contributed by atoms with Gasteiger partial charge in [-0.2, -0.15) is 0 Å². The van der Waals surface area contributed by atoms with Gasteiger partial charge in [-0.25, -0.2) is 0 Å². The SMILES string of the molecule is CCCCC(CC)CC1(CC(CC)CCCC)c2cc(B(O)O)ccc2-c2ccc(B(OCCCO)OCCCO)cc21. The van der Waals surface area contributed by atoms with E-state index in [1.165, 1.54) is 60.8 Å². The van der Waals surface area contributed by atoms with Crippen LogP contribution >= 0.6 is 0 Å². The Kier molecular flexibility index (Phi) is 15.3. The Morgan fingerprint density at radius 2 is 1.14 bits per heavy atom. The largest absolute Gasteiger partial charge is 0.493 e. The van der Waals surface area contributed by atoms with E-state index in [9.17, 15) is 20.3 Å². The van der Waals surface area contributed by atoms with Crippen molar-refractivity contribution in [1.82, 2.24) is 0 Å². The van der Waals surface area contributed by atoms with Crippen molar-refractivity contribution in [1.29, 1.82) is 0 Å². The molecule has 0 saturated heterocycles. The number of unbranched alkanes of at least 4 members (excludes halogenated alkanes) is 2. The summed E-state index contributed by atoms with van der Waals surface area (Å²) in [4.78, 5) is 0. The Morgan fingerprint density at radius 1 is 0.674 bits per heavy atom. The standard InChI is InChI=1S/C35H56B2O6/c1-5-9-13-27(7-3)25-35(26-28(8-4)14-10-6-2)33-23-29(36(40)41)15-17-31(33)32-18-16-30(24-34(32)35)37(42-21-11-19-38)43-22-12-20-39/h15-18,23-24,27-28,38-41H,5-14,19-22,25-26H2,1-4H3. The monoisotopic (exact) mass is 594 g/mol. The van der Waals surface area contributed by atoms with Crippen molar-refractivity contribution in [3.05, 3.63) is 47.5 Å². The molecule has 1 aliphatic rings. The van der Waals surface area contributed by atoms with E-state index >= 15 is 0 Å². The summed E-state index contributed by atoms with van der Waals surface area (Å²) in [6.07, 6.45) is 12.4. The van der Waals surface area contributed by atoms with Gasteiger partial charge in [-0.1, -0.05) is 115 Å². The van der Waals surface area contributed by atoms with Gasteiger partial charge in [-0.3, -0.25) is 0 Å². The normalized spacial score (nSPS) is 17.0. The predicted molar refractivity (Wildman–Crippen MR) is 179 cm³/mol. The van der Waals surface area contributed by atoms with Gasteiger partial charge in [0, 0.05) is 31.8 Å². The van der Waals surface area contributed by atoms with E-state index in [0.717, 1.165) is 31.1 Å². The Hall–Kier alpha value is -1.67. The fourth-order valence-electron chi connectivity index (χ4n) is 6.98. The number of hydrogen-bond acceptors (Lipinski definition) is 6. The molecular weight excluding hydrogens is 538 g/mol.